The molecule has 0 saturated carbocycles. The number of aromatic hydroxyl groups is 1. The van der Waals surface area contributed by atoms with Crippen molar-refractivity contribution in [1.82, 2.24) is 4.98 Å². The summed E-state index contributed by atoms with van der Waals surface area (Å²) in [5.74, 6) is 0.349. The fourth-order valence-electron chi connectivity index (χ4n) is 2.20. The molecule has 4 heteroatoms. The lowest BCUT2D eigenvalue weighted by Crippen LogP contribution is -2.02. The van der Waals surface area contributed by atoms with E-state index in [4.69, 9.17) is 0 Å². The van der Waals surface area contributed by atoms with Crippen molar-refractivity contribution in [3.05, 3.63) is 70.0 Å². The Morgan fingerprint density at radius 3 is 2.68 bits per heavy atom. The molecule has 0 aliphatic carbocycles. The summed E-state index contributed by atoms with van der Waals surface area (Å²) in [5.41, 5.74) is 3.31. The lowest BCUT2D eigenvalue weighted by molar-refractivity contribution is 0.0993. The van der Waals surface area contributed by atoms with Crippen LogP contribution in [0.4, 0.5) is 0 Å². The molecule has 0 spiro atoms. The van der Waals surface area contributed by atoms with Crippen LogP contribution >= 0.6 is 11.3 Å². The maximum Gasteiger partial charge on any atom is 0.169 e. The van der Waals surface area contributed by atoms with Gasteiger partial charge < -0.3 is 5.11 Å². The predicted molar refractivity (Wildman–Crippen MR) is 88.4 cm³/mol. The average molecular weight is 309 g/mol. The topological polar surface area (TPSA) is 50.2 Å². The second-order valence-electron chi connectivity index (χ2n) is 5.09. The summed E-state index contributed by atoms with van der Waals surface area (Å²) < 4.78 is 0. The number of phenols is 1. The van der Waals surface area contributed by atoms with Gasteiger partial charge >= 0.3 is 0 Å². The number of rotatable bonds is 4. The van der Waals surface area contributed by atoms with Gasteiger partial charge in [0.05, 0.1) is 12.1 Å². The van der Waals surface area contributed by atoms with E-state index >= 15 is 0 Å². The molecule has 1 aromatic heterocycles. The molecular weight excluding hydrogens is 294 g/mol. The molecule has 2 aromatic carbocycles. The third-order valence-corrected chi connectivity index (χ3v) is 4.30. The van der Waals surface area contributed by atoms with Crippen LogP contribution in [-0.2, 0) is 6.42 Å². The Balaban J connectivity index is 1.79. The summed E-state index contributed by atoms with van der Waals surface area (Å²) in [5, 5.41) is 12.3. The summed E-state index contributed by atoms with van der Waals surface area (Å²) in [6.45, 7) is 1.85. The van der Waals surface area contributed by atoms with Gasteiger partial charge in [0.1, 0.15) is 10.8 Å². The van der Waals surface area contributed by atoms with Crippen LogP contribution in [0.15, 0.2) is 53.9 Å². The molecule has 0 atom stereocenters. The van der Waals surface area contributed by atoms with Crippen molar-refractivity contribution in [2.24, 2.45) is 0 Å². The highest BCUT2D eigenvalue weighted by molar-refractivity contribution is 7.10. The largest absolute Gasteiger partial charge is 0.508 e. The minimum atomic E-state index is 0.0726. The highest BCUT2D eigenvalue weighted by atomic mass is 32.1. The number of hydrogen-bond donors (Lipinski definition) is 1. The molecule has 110 valence electrons. The summed E-state index contributed by atoms with van der Waals surface area (Å²) in [6.07, 6.45) is 0.311. The van der Waals surface area contributed by atoms with Gasteiger partial charge in [-0.25, -0.2) is 4.98 Å². The van der Waals surface area contributed by atoms with E-state index in [-0.39, 0.29) is 11.5 Å². The lowest BCUT2D eigenvalue weighted by atomic mass is 10.1. The van der Waals surface area contributed by atoms with Crippen molar-refractivity contribution in [2.75, 3.05) is 0 Å². The zero-order valence-electron chi connectivity index (χ0n) is 12.1. The van der Waals surface area contributed by atoms with Gasteiger partial charge in [0.15, 0.2) is 5.78 Å². The van der Waals surface area contributed by atoms with Crippen molar-refractivity contribution >= 4 is 17.1 Å². The molecule has 1 N–H and O–H groups in total. The Morgan fingerprint density at radius 2 is 1.95 bits per heavy atom. The summed E-state index contributed by atoms with van der Waals surface area (Å²) in [6, 6.07) is 14.7. The number of thiazole rings is 1. The molecule has 0 unspecified atom stereocenters. The number of nitrogens with zero attached hydrogens (tertiary/aromatic N) is 1. The molecule has 3 nitrogen and oxygen atoms in total. The van der Waals surface area contributed by atoms with Gasteiger partial charge in [-0.1, -0.05) is 30.3 Å². The Bertz CT molecular complexity index is 809. The van der Waals surface area contributed by atoms with Crippen LogP contribution in [0.25, 0.3) is 11.3 Å². The quantitative estimate of drug-likeness (QED) is 0.733. The second-order valence-corrected chi connectivity index (χ2v) is 6.04. The van der Waals surface area contributed by atoms with Gasteiger partial charge in [0.25, 0.3) is 0 Å². The van der Waals surface area contributed by atoms with E-state index in [1.165, 1.54) is 11.3 Å². The number of aryl methyl sites for hydroxylation is 1. The number of phenolic OH excluding ortho intramolecular Hbond substituents is 1. The average Bonchev–Trinajstić information content (AvgIpc) is 2.99. The molecule has 0 aliphatic heterocycles. The van der Waals surface area contributed by atoms with Crippen LogP contribution in [0, 0.1) is 6.92 Å². The zero-order valence-corrected chi connectivity index (χ0v) is 12.9. The summed E-state index contributed by atoms with van der Waals surface area (Å²) >= 11 is 1.48. The van der Waals surface area contributed by atoms with Crippen LogP contribution < -0.4 is 0 Å². The van der Waals surface area contributed by atoms with Gasteiger partial charge in [-0.3, -0.25) is 4.79 Å². The van der Waals surface area contributed by atoms with Crippen molar-refractivity contribution in [3.63, 3.8) is 0 Å². The molecule has 3 rings (SSSR count). The van der Waals surface area contributed by atoms with Crippen molar-refractivity contribution in [3.8, 4) is 17.0 Å². The van der Waals surface area contributed by atoms with E-state index in [2.05, 4.69) is 4.98 Å². The summed E-state index contributed by atoms with van der Waals surface area (Å²) in [4.78, 5) is 16.7. The molecule has 0 amide bonds. The van der Waals surface area contributed by atoms with Crippen LogP contribution in [0.3, 0.4) is 0 Å². The molecule has 0 fully saturated rings. The van der Waals surface area contributed by atoms with E-state index in [0.717, 1.165) is 21.8 Å². The standard InChI is InChI=1S/C18H15NO2S/c1-12-9-14(7-8-16(12)20)15-11-22-18(19-15)10-17(21)13-5-3-2-4-6-13/h2-9,11,20H,10H2,1H3. The van der Waals surface area contributed by atoms with Crippen LogP contribution in [-0.4, -0.2) is 15.9 Å². The molecule has 0 aliphatic rings. The van der Waals surface area contributed by atoms with Gasteiger partial charge in [0.2, 0.25) is 0 Å². The maximum absolute atomic E-state index is 12.2. The van der Waals surface area contributed by atoms with Crippen molar-refractivity contribution in [1.29, 1.82) is 0 Å². The Hall–Kier alpha value is -2.46. The molecule has 1 heterocycles. The number of carbonyl (C=O) groups is 1. The SMILES string of the molecule is Cc1cc(-c2csc(CC(=O)c3ccccc3)n2)ccc1O. The fraction of sp³-hybridized carbons (Fsp3) is 0.111. The number of hydrogen-bond acceptors (Lipinski definition) is 4. The highest BCUT2D eigenvalue weighted by Crippen LogP contribution is 2.27. The van der Waals surface area contributed by atoms with Crippen LogP contribution in [0.5, 0.6) is 5.75 Å². The van der Waals surface area contributed by atoms with Gasteiger partial charge in [-0.05, 0) is 30.7 Å². The van der Waals surface area contributed by atoms with Crippen molar-refractivity contribution < 1.29 is 9.90 Å². The summed E-state index contributed by atoms with van der Waals surface area (Å²) in [7, 11) is 0. The first-order valence-corrected chi connectivity index (χ1v) is 7.84. The normalized spacial score (nSPS) is 10.6. The number of aromatic nitrogens is 1. The molecule has 0 bridgehead atoms. The van der Waals surface area contributed by atoms with Crippen LogP contribution in [0.1, 0.15) is 20.9 Å². The van der Waals surface area contributed by atoms with Crippen molar-refractivity contribution in [2.45, 2.75) is 13.3 Å². The van der Waals surface area contributed by atoms with Gasteiger partial charge in [-0.2, -0.15) is 0 Å². The van der Waals surface area contributed by atoms with E-state index in [1.54, 1.807) is 6.07 Å². The number of ketones is 1. The minimum Gasteiger partial charge on any atom is -0.508 e. The van der Waals surface area contributed by atoms with Gasteiger partial charge in [0, 0.05) is 16.5 Å². The third-order valence-electron chi connectivity index (χ3n) is 3.45. The van der Waals surface area contributed by atoms with E-state index < -0.39 is 0 Å². The van der Waals surface area contributed by atoms with E-state index in [1.807, 2.05) is 54.8 Å². The Labute approximate surface area is 132 Å². The Kier molecular flexibility index (Phi) is 4.02. The fourth-order valence-corrected chi connectivity index (χ4v) is 3.00. The number of carbonyl (C=O) groups excluding carboxylic acids is 1. The third kappa shape index (κ3) is 3.07. The number of Topliss-reactive ketones (excluding diaryl/α,β-unsaturated/α-hetero) is 1. The first-order chi connectivity index (χ1) is 10.6. The van der Waals surface area contributed by atoms with Gasteiger partial charge in [-0.15, -0.1) is 11.3 Å². The number of benzene rings is 2. The van der Waals surface area contributed by atoms with E-state index in [0.29, 0.717) is 12.0 Å². The maximum atomic E-state index is 12.2. The monoisotopic (exact) mass is 309 g/mol. The first kappa shape index (κ1) is 14.5. The van der Waals surface area contributed by atoms with E-state index in [9.17, 15) is 9.90 Å². The zero-order chi connectivity index (χ0) is 15.5. The lowest BCUT2D eigenvalue weighted by Gasteiger charge is -2.01. The molecule has 0 saturated heterocycles. The molecule has 0 radical (unpaired) electrons. The molecule has 3 aromatic rings. The smallest absolute Gasteiger partial charge is 0.169 e. The predicted octanol–water partition coefficient (Wildman–Crippen LogP) is 4.25. The van der Waals surface area contributed by atoms with Crippen LogP contribution in [0.2, 0.25) is 0 Å². The minimum absolute atomic E-state index is 0.0726. The first-order valence-electron chi connectivity index (χ1n) is 6.96. The Morgan fingerprint density at radius 1 is 1.18 bits per heavy atom. The highest BCUT2D eigenvalue weighted by Gasteiger charge is 2.11. The molecule has 22 heavy (non-hydrogen) atoms. The molecular formula is C18H15NO2S. The second kappa shape index (κ2) is 6.12.